The molecule has 0 saturated carbocycles. The van der Waals surface area contributed by atoms with Crippen LogP contribution in [0.4, 0.5) is 0 Å². The molecule has 0 fully saturated rings. The molecule has 4 heteroatoms. The molecule has 25 heavy (non-hydrogen) atoms. The predicted molar refractivity (Wildman–Crippen MR) is 112 cm³/mol. The Labute approximate surface area is 158 Å². The first-order valence-corrected chi connectivity index (χ1v) is 9.12. The van der Waals surface area contributed by atoms with E-state index in [-0.39, 0.29) is 17.6 Å². The highest BCUT2D eigenvalue weighted by Gasteiger charge is 2.08. The molecule has 0 aromatic heterocycles. The summed E-state index contributed by atoms with van der Waals surface area (Å²) < 4.78 is 0. The molecule has 0 heterocycles. The quantitative estimate of drug-likeness (QED) is 0.261. The Morgan fingerprint density at radius 3 is 2.32 bits per heavy atom. The molecule has 1 aromatic rings. The van der Waals surface area contributed by atoms with Crippen molar-refractivity contribution in [2.24, 2.45) is 0 Å². The summed E-state index contributed by atoms with van der Waals surface area (Å²) >= 11 is 4.30. The number of hydroxylamine groups is 1. The molecule has 3 nitrogen and oxygen atoms in total. The van der Waals surface area contributed by atoms with Gasteiger partial charge in [-0.05, 0) is 32.3 Å². The lowest BCUT2D eigenvalue weighted by Gasteiger charge is -2.09. The number of benzene rings is 1. The number of carbonyl (C=O) groups excluding carboxylic acids is 1. The molecular formula is C21H33NO2S. The van der Waals surface area contributed by atoms with Crippen molar-refractivity contribution in [2.75, 3.05) is 0 Å². The molecule has 0 aliphatic heterocycles. The van der Waals surface area contributed by atoms with Gasteiger partial charge in [-0.2, -0.15) is 12.6 Å². The van der Waals surface area contributed by atoms with Gasteiger partial charge in [0.1, 0.15) is 0 Å². The molecule has 0 aliphatic rings. The molecule has 0 radical (unpaired) electrons. The van der Waals surface area contributed by atoms with E-state index in [1.807, 2.05) is 45.1 Å². The Balaban J connectivity index is 0. The highest BCUT2D eigenvalue weighted by Crippen LogP contribution is 2.12. The second-order valence-electron chi connectivity index (χ2n) is 5.06. The average molecular weight is 364 g/mol. The number of carbonyl (C=O) groups is 1. The Hall–Kier alpha value is -1.78. The summed E-state index contributed by atoms with van der Waals surface area (Å²) in [7, 11) is 0. The Morgan fingerprint density at radius 2 is 1.84 bits per heavy atom. The molecule has 0 bridgehead atoms. The summed E-state index contributed by atoms with van der Waals surface area (Å²) in [5.41, 5.74) is 4.10. The maximum absolute atomic E-state index is 10.9. The summed E-state index contributed by atoms with van der Waals surface area (Å²) in [6.07, 6.45) is 11.5. The van der Waals surface area contributed by atoms with E-state index in [0.717, 1.165) is 12.8 Å². The van der Waals surface area contributed by atoms with Crippen LogP contribution in [0.2, 0.25) is 0 Å². The monoisotopic (exact) mass is 363 g/mol. The molecule has 0 spiro atoms. The lowest BCUT2D eigenvalue weighted by Crippen LogP contribution is -2.22. The molecule has 140 valence electrons. The number of rotatable bonds is 7. The van der Waals surface area contributed by atoms with Crippen LogP contribution in [0.25, 0.3) is 0 Å². The SMILES string of the molecule is C=C/C=C\C=C/C.CC.Cc1ccc(CCC(S)CC(=O)NO)cc1. The minimum absolute atomic E-state index is 0.0200. The van der Waals surface area contributed by atoms with Gasteiger partial charge in [-0.1, -0.05) is 80.6 Å². The fourth-order valence-corrected chi connectivity index (χ4v) is 2.00. The summed E-state index contributed by atoms with van der Waals surface area (Å²) in [5.74, 6) is -0.385. The fourth-order valence-electron chi connectivity index (χ4n) is 1.70. The first kappa shape index (κ1) is 25.5. The number of nitrogens with one attached hydrogen (secondary N) is 1. The average Bonchev–Trinajstić information content (AvgIpc) is 2.64. The molecule has 0 saturated heterocycles. The van der Waals surface area contributed by atoms with E-state index in [1.54, 1.807) is 11.6 Å². The maximum atomic E-state index is 10.9. The lowest BCUT2D eigenvalue weighted by molar-refractivity contribution is -0.129. The fraction of sp³-hybridized carbons (Fsp3) is 0.381. The van der Waals surface area contributed by atoms with E-state index in [9.17, 15) is 4.79 Å². The van der Waals surface area contributed by atoms with E-state index in [1.165, 1.54) is 11.1 Å². The number of thiol groups is 1. The van der Waals surface area contributed by atoms with Crippen LogP contribution in [0.3, 0.4) is 0 Å². The van der Waals surface area contributed by atoms with Crippen molar-refractivity contribution in [1.82, 2.24) is 5.48 Å². The van der Waals surface area contributed by atoms with Crippen LogP contribution in [0.15, 0.2) is 61.2 Å². The molecule has 2 N–H and O–H groups in total. The molecule has 1 rings (SSSR count). The normalized spacial score (nSPS) is 11.1. The zero-order chi connectivity index (χ0) is 19.5. The Bertz CT molecular complexity index is 507. The molecule has 1 aromatic carbocycles. The van der Waals surface area contributed by atoms with Gasteiger partial charge in [-0.25, -0.2) is 5.48 Å². The van der Waals surface area contributed by atoms with Gasteiger partial charge in [0.15, 0.2) is 0 Å². The number of aryl methyl sites for hydroxylation is 2. The van der Waals surface area contributed by atoms with E-state index >= 15 is 0 Å². The number of hydrogen-bond donors (Lipinski definition) is 3. The van der Waals surface area contributed by atoms with Crippen molar-refractivity contribution >= 4 is 18.5 Å². The van der Waals surface area contributed by atoms with Gasteiger partial charge in [0.2, 0.25) is 5.91 Å². The third-order valence-corrected chi connectivity index (χ3v) is 3.42. The summed E-state index contributed by atoms with van der Waals surface area (Å²) in [6, 6.07) is 8.32. The maximum Gasteiger partial charge on any atom is 0.244 e. The molecule has 1 amide bonds. The van der Waals surface area contributed by atoms with Gasteiger partial charge in [0.25, 0.3) is 0 Å². The van der Waals surface area contributed by atoms with Crippen molar-refractivity contribution in [1.29, 1.82) is 0 Å². The van der Waals surface area contributed by atoms with Crippen LogP contribution in [-0.4, -0.2) is 16.4 Å². The van der Waals surface area contributed by atoms with E-state index < -0.39 is 0 Å². The van der Waals surface area contributed by atoms with Crippen molar-refractivity contribution < 1.29 is 10.0 Å². The zero-order valence-corrected chi connectivity index (χ0v) is 16.8. The van der Waals surface area contributed by atoms with Crippen molar-refractivity contribution in [2.45, 2.75) is 52.2 Å². The van der Waals surface area contributed by atoms with Crippen molar-refractivity contribution in [3.63, 3.8) is 0 Å². The van der Waals surface area contributed by atoms with E-state index in [2.05, 4.69) is 50.4 Å². The first-order chi connectivity index (χ1) is 12.0. The highest BCUT2D eigenvalue weighted by molar-refractivity contribution is 7.81. The third-order valence-electron chi connectivity index (χ3n) is 2.98. The molecule has 1 atom stereocenters. The number of hydrogen-bond acceptors (Lipinski definition) is 3. The topological polar surface area (TPSA) is 49.3 Å². The van der Waals surface area contributed by atoms with Crippen LogP contribution in [0.1, 0.15) is 44.7 Å². The number of allylic oxidation sites excluding steroid dienone is 5. The van der Waals surface area contributed by atoms with Gasteiger partial charge in [-0.3, -0.25) is 10.0 Å². The third kappa shape index (κ3) is 16.8. The summed E-state index contributed by atoms with van der Waals surface area (Å²) in [6.45, 7) is 11.5. The van der Waals surface area contributed by atoms with Gasteiger partial charge >= 0.3 is 0 Å². The number of amides is 1. The largest absolute Gasteiger partial charge is 0.289 e. The molecule has 1 unspecified atom stereocenters. The summed E-state index contributed by atoms with van der Waals surface area (Å²) in [5, 5.41) is 8.35. The van der Waals surface area contributed by atoms with E-state index in [0.29, 0.717) is 0 Å². The highest BCUT2D eigenvalue weighted by atomic mass is 32.1. The Kier molecular flexibility index (Phi) is 18.9. The van der Waals surface area contributed by atoms with Crippen LogP contribution in [-0.2, 0) is 11.2 Å². The van der Waals surface area contributed by atoms with Crippen LogP contribution >= 0.6 is 12.6 Å². The van der Waals surface area contributed by atoms with Gasteiger partial charge in [0.05, 0.1) is 0 Å². The second-order valence-corrected chi connectivity index (χ2v) is 5.79. The van der Waals surface area contributed by atoms with Gasteiger partial charge in [-0.15, -0.1) is 0 Å². The van der Waals surface area contributed by atoms with Crippen LogP contribution < -0.4 is 5.48 Å². The smallest absolute Gasteiger partial charge is 0.244 e. The molecule has 0 aliphatic carbocycles. The van der Waals surface area contributed by atoms with Crippen molar-refractivity contribution in [3.8, 4) is 0 Å². The Morgan fingerprint density at radius 1 is 1.24 bits per heavy atom. The lowest BCUT2D eigenvalue weighted by atomic mass is 10.1. The minimum Gasteiger partial charge on any atom is -0.289 e. The standard InChI is InChI=1S/C12H17NO2S.C7H10.C2H6/c1-9-2-4-10(5-3-9)6-7-11(16)8-12(14)13-15;1-3-5-7-6-4-2;1-2/h2-5,11,15-16H,6-8H2,1H3,(H,13,14);3-7H,1H2,2H3;1-2H3/b;6-4-,7-5-;. The van der Waals surface area contributed by atoms with Crippen LogP contribution in [0.5, 0.6) is 0 Å². The molecular weight excluding hydrogens is 330 g/mol. The van der Waals surface area contributed by atoms with Crippen LogP contribution in [0, 0.1) is 6.92 Å². The second kappa shape index (κ2) is 18.6. The first-order valence-electron chi connectivity index (χ1n) is 8.60. The van der Waals surface area contributed by atoms with Gasteiger partial charge in [0, 0.05) is 11.7 Å². The summed E-state index contributed by atoms with van der Waals surface area (Å²) in [4.78, 5) is 10.9. The zero-order valence-electron chi connectivity index (χ0n) is 15.9. The van der Waals surface area contributed by atoms with Gasteiger partial charge < -0.3 is 0 Å². The predicted octanol–water partition coefficient (Wildman–Crippen LogP) is 5.45. The van der Waals surface area contributed by atoms with E-state index in [4.69, 9.17) is 5.21 Å². The van der Waals surface area contributed by atoms with Crippen molar-refractivity contribution in [3.05, 3.63) is 72.4 Å². The minimum atomic E-state index is -0.385.